The quantitative estimate of drug-likeness (QED) is 0.880. The Kier molecular flexibility index (Phi) is 4.76. The van der Waals surface area contributed by atoms with Gasteiger partial charge in [-0.15, -0.1) is 0 Å². The molecule has 2 rings (SSSR count). The monoisotopic (exact) mass is 290 g/mol. The zero-order valence-corrected chi connectivity index (χ0v) is 13.5. The summed E-state index contributed by atoms with van der Waals surface area (Å²) in [5, 5.41) is 6.49. The lowest BCUT2D eigenvalue weighted by Gasteiger charge is -2.26. The van der Waals surface area contributed by atoms with Crippen molar-refractivity contribution in [2.75, 3.05) is 17.2 Å². The van der Waals surface area contributed by atoms with Gasteiger partial charge in [0.05, 0.1) is 12.3 Å². The largest absolute Gasteiger partial charge is 0.491 e. The van der Waals surface area contributed by atoms with Crippen LogP contribution >= 0.6 is 0 Å². The molecule has 21 heavy (non-hydrogen) atoms. The first kappa shape index (κ1) is 15.7. The molecule has 1 atom stereocenters. The van der Waals surface area contributed by atoms with Crippen molar-refractivity contribution in [1.82, 2.24) is 0 Å². The summed E-state index contributed by atoms with van der Waals surface area (Å²) in [5.74, 6) is 0.787. The van der Waals surface area contributed by atoms with E-state index in [0.717, 1.165) is 30.0 Å². The number of anilines is 2. The molecule has 0 spiro atoms. The molecule has 1 aliphatic rings. The van der Waals surface area contributed by atoms with Crippen molar-refractivity contribution in [3.63, 3.8) is 0 Å². The minimum absolute atomic E-state index is 0.0445. The summed E-state index contributed by atoms with van der Waals surface area (Å²) < 4.78 is 5.74. The van der Waals surface area contributed by atoms with Crippen LogP contribution in [-0.2, 0) is 4.79 Å². The van der Waals surface area contributed by atoms with Crippen molar-refractivity contribution >= 4 is 17.3 Å². The number of amides is 1. The highest BCUT2D eigenvalue weighted by Gasteiger charge is 2.26. The lowest BCUT2D eigenvalue weighted by Crippen LogP contribution is -2.27. The SMILES string of the molecule is CCCOc1cccc2c1NC(=O)CC(CC(C)(C)C)N2. The highest BCUT2D eigenvalue weighted by atomic mass is 16.5. The van der Waals surface area contributed by atoms with E-state index in [1.165, 1.54) is 0 Å². The van der Waals surface area contributed by atoms with E-state index >= 15 is 0 Å². The molecule has 1 aromatic rings. The van der Waals surface area contributed by atoms with Crippen LogP contribution in [0, 0.1) is 5.41 Å². The molecule has 0 aliphatic carbocycles. The van der Waals surface area contributed by atoms with Crippen molar-refractivity contribution in [1.29, 1.82) is 0 Å². The number of ether oxygens (including phenoxy) is 1. The molecule has 1 unspecified atom stereocenters. The van der Waals surface area contributed by atoms with Crippen molar-refractivity contribution in [2.24, 2.45) is 5.41 Å². The fourth-order valence-corrected chi connectivity index (χ4v) is 2.66. The molecule has 1 aromatic carbocycles. The molecule has 0 radical (unpaired) electrons. The summed E-state index contributed by atoms with van der Waals surface area (Å²) in [7, 11) is 0. The van der Waals surface area contributed by atoms with Crippen LogP contribution in [0.1, 0.15) is 47.0 Å². The minimum atomic E-state index is 0.0445. The first-order chi connectivity index (χ1) is 9.89. The molecular weight excluding hydrogens is 264 g/mol. The molecule has 0 fully saturated rings. The van der Waals surface area contributed by atoms with Crippen LogP contribution < -0.4 is 15.4 Å². The Morgan fingerprint density at radius 3 is 2.76 bits per heavy atom. The molecule has 1 aliphatic heterocycles. The van der Waals surface area contributed by atoms with Crippen LogP contribution in [0.15, 0.2) is 18.2 Å². The first-order valence-electron chi connectivity index (χ1n) is 7.71. The summed E-state index contributed by atoms with van der Waals surface area (Å²) in [6.45, 7) is 9.30. The van der Waals surface area contributed by atoms with E-state index in [9.17, 15) is 4.79 Å². The molecule has 0 aromatic heterocycles. The van der Waals surface area contributed by atoms with Crippen molar-refractivity contribution < 1.29 is 9.53 Å². The molecule has 0 bridgehead atoms. The molecule has 2 N–H and O–H groups in total. The van der Waals surface area contributed by atoms with Crippen molar-refractivity contribution in [2.45, 2.75) is 53.0 Å². The maximum Gasteiger partial charge on any atom is 0.226 e. The molecule has 1 heterocycles. The molecule has 116 valence electrons. The Morgan fingerprint density at radius 1 is 1.33 bits per heavy atom. The van der Waals surface area contributed by atoms with E-state index in [1.54, 1.807) is 0 Å². The number of fused-ring (bicyclic) bond motifs is 1. The predicted molar refractivity (Wildman–Crippen MR) is 87.0 cm³/mol. The van der Waals surface area contributed by atoms with Gasteiger partial charge in [-0.2, -0.15) is 0 Å². The van der Waals surface area contributed by atoms with Crippen molar-refractivity contribution in [3.05, 3.63) is 18.2 Å². The third-order valence-electron chi connectivity index (χ3n) is 3.40. The minimum Gasteiger partial charge on any atom is -0.491 e. The van der Waals surface area contributed by atoms with Gasteiger partial charge in [-0.3, -0.25) is 4.79 Å². The van der Waals surface area contributed by atoms with E-state index in [2.05, 4.69) is 38.3 Å². The number of hydrogen-bond donors (Lipinski definition) is 2. The first-order valence-corrected chi connectivity index (χ1v) is 7.71. The number of carbonyl (C=O) groups is 1. The van der Waals surface area contributed by atoms with Gasteiger partial charge in [0.2, 0.25) is 5.91 Å². The summed E-state index contributed by atoms with van der Waals surface area (Å²) in [5.41, 5.74) is 1.90. The Balaban J connectivity index is 2.25. The zero-order chi connectivity index (χ0) is 15.5. The molecule has 4 nitrogen and oxygen atoms in total. The molecule has 0 saturated heterocycles. The standard InChI is InChI=1S/C17H26N2O2/c1-5-9-21-14-8-6-7-13-16(14)19-15(20)10-12(18-13)11-17(2,3)4/h6-8,12,18H,5,9-11H2,1-4H3,(H,19,20). The number of nitrogens with one attached hydrogen (secondary N) is 2. The second-order valence-electron chi connectivity index (χ2n) is 6.89. The van der Waals surface area contributed by atoms with E-state index in [0.29, 0.717) is 13.0 Å². The van der Waals surface area contributed by atoms with E-state index in [4.69, 9.17) is 4.74 Å². The summed E-state index contributed by atoms with van der Waals surface area (Å²) in [6, 6.07) is 6.01. The number of carbonyl (C=O) groups excluding carboxylic acids is 1. The normalized spacial score (nSPS) is 18.3. The highest BCUT2D eigenvalue weighted by molar-refractivity contribution is 5.98. The molecule has 4 heteroatoms. The van der Waals surface area contributed by atoms with Crippen LogP contribution in [-0.4, -0.2) is 18.6 Å². The second kappa shape index (κ2) is 6.37. The van der Waals surface area contributed by atoms with Gasteiger partial charge in [0.25, 0.3) is 0 Å². The van der Waals surface area contributed by atoms with Gasteiger partial charge in [0.15, 0.2) is 0 Å². The number of para-hydroxylation sites is 1. The Morgan fingerprint density at radius 2 is 2.10 bits per heavy atom. The molecule has 0 saturated carbocycles. The Labute approximate surface area is 127 Å². The van der Waals surface area contributed by atoms with Crippen LogP contribution in [0.2, 0.25) is 0 Å². The average Bonchev–Trinajstić information content (AvgIpc) is 2.51. The topological polar surface area (TPSA) is 50.4 Å². The average molecular weight is 290 g/mol. The van der Waals surface area contributed by atoms with Crippen LogP contribution in [0.5, 0.6) is 5.75 Å². The van der Waals surface area contributed by atoms with Gasteiger partial charge in [-0.25, -0.2) is 0 Å². The fraction of sp³-hybridized carbons (Fsp3) is 0.588. The fourth-order valence-electron chi connectivity index (χ4n) is 2.66. The van der Waals surface area contributed by atoms with Gasteiger partial charge in [-0.05, 0) is 30.4 Å². The zero-order valence-electron chi connectivity index (χ0n) is 13.5. The maximum atomic E-state index is 12.2. The van der Waals surface area contributed by atoms with Crippen LogP contribution in [0.3, 0.4) is 0 Å². The number of rotatable bonds is 4. The van der Waals surface area contributed by atoms with E-state index in [1.807, 2.05) is 18.2 Å². The predicted octanol–water partition coefficient (Wildman–Crippen LogP) is 4.03. The Bertz CT molecular complexity index is 506. The van der Waals surface area contributed by atoms with Gasteiger partial charge < -0.3 is 15.4 Å². The summed E-state index contributed by atoms with van der Waals surface area (Å²) >= 11 is 0. The third-order valence-corrected chi connectivity index (χ3v) is 3.40. The van der Waals surface area contributed by atoms with E-state index < -0.39 is 0 Å². The molecule has 1 amide bonds. The smallest absolute Gasteiger partial charge is 0.226 e. The third kappa shape index (κ3) is 4.38. The highest BCUT2D eigenvalue weighted by Crippen LogP contribution is 2.37. The number of benzene rings is 1. The van der Waals surface area contributed by atoms with Gasteiger partial charge in [0, 0.05) is 12.5 Å². The lowest BCUT2D eigenvalue weighted by molar-refractivity contribution is -0.116. The van der Waals surface area contributed by atoms with Gasteiger partial charge in [0.1, 0.15) is 11.4 Å². The lowest BCUT2D eigenvalue weighted by atomic mass is 9.87. The van der Waals surface area contributed by atoms with Crippen LogP contribution in [0.4, 0.5) is 11.4 Å². The van der Waals surface area contributed by atoms with Gasteiger partial charge >= 0.3 is 0 Å². The Hall–Kier alpha value is -1.71. The van der Waals surface area contributed by atoms with Gasteiger partial charge in [-0.1, -0.05) is 33.8 Å². The second-order valence-corrected chi connectivity index (χ2v) is 6.89. The number of hydrogen-bond acceptors (Lipinski definition) is 3. The maximum absolute atomic E-state index is 12.2. The summed E-state index contributed by atoms with van der Waals surface area (Å²) in [4.78, 5) is 12.2. The van der Waals surface area contributed by atoms with Crippen molar-refractivity contribution in [3.8, 4) is 5.75 Å². The van der Waals surface area contributed by atoms with E-state index in [-0.39, 0.29) is 17.4 Å². The molecular formula is C17H26N2O2. The van der Waals surface area contributed by atoms with Crippen LogP contribution in [0.25, 0.3) is 0 Å². The summed E-state index contributed by atoms with van der Waals surface area (Å²) in [6.07, 6.45) is 2.37.